The molecule has 1 heterocycles. The number of pyridine rings is 1. The Bertz CT molecular complexity index is 604. The fraction of sp³-hybridized carbons (Fsp3) is 0.176. The first-order chi connectivity index (χ1) is 10.1. The summed E-state index contributed by atoms with van der Waals surface area (Å²) in [6, 6.07) is 11.8. The SMILES string of the molecule is CN(C)c1ccc(CNC(=O)/C=C/c2cccnc2)cc1. The van der Waals surface area contributed by atoms with Gasteiger partial charge in [0.05, 0.1) is 0 Å². The van der Waals surface area contributed by atoms with Crippen LogP contribution in [0.3, 0.4) is 0 Å². The maximum Gasteiger partial charge on any atom is 0.244 e. The number of hydrogen-bond acceptors (Lipinski definition) is 3. The number of aromatic nitrogens is 1. The molecule has 0 aliphatic carbocycles. The molecule has 4 heteroatoms. The Hall–Kier alpha value is -2.62. The van der Waals surface area contributed by atoms with E-state index in [4.69, 9.17) is 0 Å². The zero-order valence-electron chi connectivity index (χ0n) is 12.3. The maximum absolute atomic E-state index is 11.7. The van der Waals surface area contributed by atoms with E-state index in [-0.39, 0.29) is 5.91 Å². The van der Waals surface area contributed by atoms with Crippen molar-refractivity contribution in [2.45, 2.75) is 6.54 Å². The van der Waals surface area contributed by atoms with E-state index in [1.807, 2.05) is 55.4 Å². The summed E-state index contributed by atoms with van der Waals surface area (Å²) in [7, 11) is 4.00. The van der Waals surface area contributed by atoms with Crippen LogP contribution < -0.4 is 10.2 Å². The number of anilines is 1. The summed E-state index contributed by atoms with van der Waals surface area (Å²) in [5.74, 6) is -0.115. The van der Waals surface area contributed by atoms with Crippen molar-refractivity contribution in [2.75, 3.05) is 19.0 Å². The van der Waals surface area contributed by atoms with Crippen LogP contribution in [0.4, 0.5) is 5.69 Å². The number of nitrogens with one attached hydrogen (secondary N) is 1. The first kappa shape index (κ1) is 14.8. The van der Waals surface area contributed by atoms with Gasteiger partial charge in [0.15, 0.2) is 0 Å². The number of carbonyl (C=O) groups excluding carboxylic acids is 1. The Morgan fingerprint density at radius 1 is 1.24 bits per heavy atom. The summed E-state index contributed by atoms with van der Waals surface area (Å²) in [5, 5.41) is 2.86. The van der Waals surface area contributed by atoms with Gasteiger partial charge < -0.3 is 10.2 Å². The lowest BCUT2D eigenvalue weighted by Crippen LogP contribution is -2.20. The fourth-order valence-electron chi connectivity index (χ4n) is 1.81. The molecular formula is C17H19N3O. The summed E-state index contributed by atoms with van der Waals surface area (Å²) in [6.07, 6.45) is 6.68. The van der Waals surface area contributed by atoms with E-state index in [2.05, 4.69) is 10.3 Å². The second-order valence-electron chi connectivity index (χ2n) is 4.90. The maximum atomic E-state index is 11.7. The largest absolute Gasteiger partial charge is 0.378 e. The van der Waals surface area contributed by atoms with Gasteiger partial charge in [-0.05, 0) is 35.4 Å². The number of benzene rings is 1. The topological polar surface area (TPSA) is 45.2 Å². The normalized spacial score (nSPS) is 10.6. The minimum Gasteiger partial charge on any atom is -0.378 e. The number of amides is 1. The summed E-state index contributed by atoms with van der Waals surface area (Å²) in [4.78, 5) is 17.8. The third-order valence-electron chi connectivity index (χ3n) is 3.03. The van der Waals surface area contributed by atoms with Gasteiger partial charge in [-0.1, -0.05) is 18.2 Å². The molecule has 0 bridgehead atoms. The minimum absolute atomic E-state index is 0.115. The smallest absolute Gasteiger partial charge is 0.244 e. The zero-order chi connectivity index (χ0) is 15.1. The van der Waals surface area contributed by atoms with E-state index in [9.17, 15) is 4.79 Å². The van der Waals surface area contributed by atoms with Gasteiger partial charge in [0.2, 0.25) is 5.91 Å². The van der Waals surface area contributed by atoms with Crippen LogP contribution in [0.2, 0.25) is 0 Å². The number of nitrogens with zero attached hydrogens (tertiary/aromatic N) is 2. The average Bonchev–Trinajstić information content (AvgIpc) is 2.52. The van der Waals surface area contributed by atoms with E-state index in [1.165, 1.54) is 6.08 Å². The number of hydrogen-bond donors (Lipinski definition) is 1. The van der Waals surface area contributed by atoms with Crippen molar-refractivity contribution >= 4 is 17.7 Å². The van der Waals surface area contributed by atoms with Crippen molar-refractivity contribution in [3.63, 3.8) is 0 Å². The lowest BCUT2D eigenvalue weighted by Gasteiger charge is -2.12. The van der Waals surface area contributed by atoms with Crippen LogP contribution >= 0.6 is 0 Å². The molecular weight excluding hydrogens is 262 g/mol. The van der Waals surface area contributed by atoms with E-state index >= 15 is 0 Å². The molecule has 1 N–H and O–H groups in total. The van der Waals surface area contributed by atoms with Crippen molar-refractivity contribution in [2.24, 2.45) is 0 Å². The monoisotopic (exact) mass is 281 g/mol. The van der Waals surface area contributed by atoms with E-state index in [1.54, 1.807) is 18.5 Å². The van der Waals surface area contributed by atoms with Crippen molar-refractivity contribution < 1.29 is 4.79 Å². The first-order valence-corrected chi connectivity index (χ1v) is 6.77. The van der Waals surface area contributed by atoms with Crippen LogP contribution in [0.25, 0.3) is 6.08 Å². The van der Waals surface area contributed by atoms with Gasteiger partial charge in [-0.25, -0.2) is 0 Å². The van der Waals surface area contributed by atoms with Gasteiger partial charge in [-0.15, -0.1) is 0 Å². The zero-order valence-corrected chi connectivity index (χ0v) is 12.3. The molecule has 2 aromatic rings. The molecule has 0 saturated carbocycles. The standard InChI is InChI=1S/C17H19N3O/c1-20(2)16-8-5-15(6-9-16)13-19-17(21)10-7-14-4-3-11-18-12-14/h3-12H,13H2,1-2H3,(H,19,21)/b10-7+. The second-order valence-corrected chi connectivity index (χ2v) is 4.90. The molecule has 0 radical (unpaired) electrons. The molecule has 108 valence electrons. The van der Waals surface area contributed by atoms with Gasteiger partial charge in [-0.2, -0.15) is 0 Å². The number of rotatable bonds is 5. The Morgan fingerprint density at radius 2 is 2.00 bits per heavy atom. The molecule has 0 unspecified atom stereocenters. The quantitative estimate of drug-likeness (QED) is 0.856. The lowest BCUT2D eigenvalue weighted by atomic mass is 10.2. The van der Waals surface area contributed by atoms with Gasteiger partial charge in [-0.3, -0.25) is 9.78 Å². The Labute approximate surface area is 125 Å². The first-order valence-electron chi connectivity index (χ1n) is 6.77. The highest BCUT2D eigenvalue weighted by Gasteiger charge is 1.98. The summed E-state index contributed by atoms with van der Waals surface area (Å²) >= 11 is 0. The van der Waals surface area contributed by atoms with Crippen LogP contribution in [0.15, 0.2) is 54.9 Å². The molecule has 0 atom stereocenters. The highest BCUT2D eigenvalue weighted by molar-refractivity contribution is 5.91. The minimum atomic E-state index is -0.115. The molecule has 0 aliphatic rings. The van der Waals surface area contributed by atoms with Crippen molar-refractivity contribution in [3.8, 4) is 0 Å². The molecule has 0 fully saturated rings. The Morgan fingerprint density at radius 3 is 2.62 bits per heavy atom. The van der Waals surface area contributed by atoms with Crippen LogP contribution in [0.5, 0.6) is 0 Å². The fourth-order valence-corrected chi connectivity index (χ4v) is 1.81. The van der Waals surface area contributed by atoms with Crippen molar-refractivity contribution in [1.29, 1.82) is 0 Å². The number of carbonyl (C=O) groups is 1. The predicted octanol–water partition coefficient (Wildman–Crippen LogP) is 2.48. The van der Waals surface area contributed by atoms with Crippen LogP contribution in [0, 0.1) is 0 Å². The Kier molecular flexibility index (Phi) is 5.10. The molecule has 4 nitrogen and oxygen atoms in total. The lowest BCUT2D eigenvalue weighted by molar-refractivity contribution is -0.116. The highest BCUT2D eigenvalue weighted by atomic mass is 16.1. The molecule has 2 rings (SSSR count). The highest BCUT2D eigenvalue weighted by Crippen LogP contribution is 2.11. The molecule has 1 aromatic heterocycles. The average molecular weight is 281 g/mol. The van der Waals surface area contributed by atoms with Crippen LogP contribution in [-0.2, 0) is 11.3 Å². The van der Waals surface area contributed by atoms with E-state index < -0.39 is 0 Å². The predicted molar refractivity (Wildman–Crippen MR) is 85.9 cm³/mol. The van der Waals surface area contributed by atoms with E-state index in [0.29, 0.717) is 6.54 Å². The molecule has 1 amide bonds. The molecule has 1 aromatic carbocycles. The van der Waals surface area contributed by atoms with E-state index in [0.717, 1.165) is 16.8 Å². The van der Waals surface area contributed by atoms with Crippen LogP contribution in [0.1, 0.15) is 11.1 Å². The van der Waals surface area contributed by atoms with Crippen molar-refractivity contribution in [1.82, 2.24) is 10.3 Å². The summed E-state index contributed by atoms with van der Waals surface area (Å²) in [6.45, 7) is 0.518. The summed E-state index contributed by atoms with van der Waals surface area (Å²) < 4.78 is 0. The Balaban J connectivity index is 1.85. The van der Waals surface area contributed by atoms with Gasteiger partial charge >= 0.3 is 0 Å². The van der Waals surface area contributed by atoms with Crippen LogP contribution in [-0.4, -0.2) is 25.0 Å². The van der Waals surface area contributed by atoms with Gasteiger partial charge in [0.1, 0.15) is 0 Å². The van der Waals surface area contributed by atoms with Gasteiger partial charge in [0.25, 0.3) is 0 Å². The molecule has 21 heavy (non-hydrogen) atoms. The second kappa shape index (κ2) is 7.24. The third-order valence-corrected chi connectivity index (χ3v) is 3.03. The van der Waals surface area contributed by atoms with Gasteiger partial charge in [0, 0.05) is 44.8 Å². The molecule has 0 saturated heterocycles. The molecule has 0 aliphatic heterocycles. The molecule has 0 spiro atoms. The summed E-state index contributed by atoms with van der Waals surface area (Å²) in [5.41, 5.74) is 3.12. The third kappa shape index (κ3) is 4.76. The van der Waals surface area contributed by atoms with Crippen molar-refractivity contribution in [3.05, 3.63) is 66.0 Å².